The number of aryl methyl sites for hydroxylation is 1. The second-order valence-electron chi connectivity index (χ2n) is 4.34. The van der Waals surface area contributed by atoms with Crippen LogP contribution in [0.25, 0.3) is 0 Å². The van der Waals surface area contributed by atoms with Gasteiger partial charge in [-0.05, 0) is 18.6 Å². The second-order valence-corrected chi connectivity index (χ2v) is 4.34. The lowest BCUT2D eigenvalue weighted by Crippen LogP contribution is -2.12. The van der Waals surface area contributed by atoms with Crippen LogP contribution in [0, 0.1) is 18.6 Å². The number of nitrogens with two attached hydrogens (primary N) is 1. The van der Waals surface area contributed by atoms with Gasteiger partial charge in [-0.15, -0.1) is 0 Å². The molecular weight excluding hydrogens is 280 g/mol. The Morgan fingerprint density at radius 2 is 1.86 bits per heavy atom. The maximum absolute atomic E-state index is 13.8. The lowest BCUT2D eigenvalue weighted by atomic mass is 10.2. The maximum atomic E-state index is 13.8. The van der Waals surface area contributed by atoms with Crippen molar-refractivity contribution in [1.82, 2.24) is 9.97 Å². The normalized spacial score (nSPS) is 10.5. The van der Waals surface area contributed by atoms with E-state index in [9.17, 15) is 8.78 Å². The minimum atomic E-state index is -0.580. The van der Waals surface area contributed by atoms with Gasteiger partial charge in [0.15, 0.2) is 5.82 Å². The Morgan fingerprint density at radius 3 is 2.52 bits per heavy atom. The zero-order valence-corrected chi connectivity index (χ0v) is 11.6. The maximum Gasteiger partial charge on any atom is 0.158 e. The first-order chi connectivity index (χ1) is 10.0. The molecule has 2 rings (SSSR count). The molecule has 6 nitrogen and oxygen atoms in total. The summed E-state index contributed by atoms with van der Waals surface area (Å²) in [6, 6.07) is 3.64. The fraction of sp³-hybridized carbons (Fsp3) is 0.231. The Kier molecular flexibility index (Phi) is 4.61. The molecule has 4 N–H and O–H groups in total. The van der Waals surface area contributed by atoms with Crippen molar-refractivity contribution < 1.29 is 13.5 Å². The van der Waals surface area contributed by atoms with Crippen molar-refractivity contribution in [2.24, 2.45) is 5.84 Å². The molecule has 1 aromatic carbocycles. The van der Waals surface area contributed by atoms with Gasteiger partial charge >= 0.3 is 0 Å². The first-order valence-corrected chi connectivity index (χ1v) is 6.09. The van der Waals surface area contributed by atoms with Gasteiger partial charge < -0.3 is 15.5 Å². The number of ether oxygens (including phenoxy) is 1. The molecule has 0 bridgehead atoms. The van der Waals surface area contributed by atoms with Gasteiger partial charge in [0.2, 0.25) is 0 Å². The number of hydrogen-bond acceptors (Lipinski definition) is 6. The Bertz CT molecular complexity index is 651. The summed E-state index contributed by atoms with van der Waals surface area (Å²) in [5, 5.41) is 2.70. The van der Waals surface area contributed by atoms with Crippen LogP contribution in [0.2, 0.25) is 0 Å². The van der Waals surface area contributed by atoms with Gasteiger partial charge in [-0.2, -0.15) is 0 Å². The van der Waals surface area contributed by atoms with Crippen molar-refractivity contribution in [1.29, 1.82) is 0 Å². The van der Waals surface area contributed by atoms with Crippen molar-refractivity contribution >= 4 is 17.3 Å². The number of nitrogen functional groups attached to an aromatic ring is 1. The standard InChI is InChI=1S/C13H15F2N5O/c1-7-3-9(15)10(4-8(7)14)17-11-5-12(20-16)19-13(18-11)6-21-2/h3-5H,6,16H2,1-2H3,(H2,17,18,19,20). The van der Waals surface area contributed by atoms with E-state index in [0.717, 1.165) is 12.1 Å². The topological polar surface area (TPSA) is 85.1 Å². The number of halogens is 2. The molecule has 0 aliphatic carbocycles. The fourth-order valence-corrected chi connectivity index (χ4v) is 1.71. The van der Waals surface area contributed by atoms with E-state index >= 15 is 0 Å². The van der Waals surface area contributed by atoms with Crippen LogP contribution in [-0.2, 0) is 11.3 Å². The van der Waals surface area contributed by atoms with Crippen LogP contribution in [0.5, 0.6) is 0 Å². The summed E-state index contributed by atoms with van der Waals surface area (Å²) in [5.41, 5.74) is 2.57. The van der Waals surface area contributed by atoms with E-state index < -0.39 is 11.6 Å². The molecule has 0 fully saturated rings. The summed E-state index contributed by atoms with van der Waals surface area (Å²) < 4.78 is 32.3. The van der Waals surface area contributed by atoms with Gasteiger partial charge in [-0.1, -0.05) is 0 Å². The molecule has 0 saturated heterocycles. The fourth-order valence-electron chi connectivity index (χ4n) is 1.71. The van der Waals surface area contributed by atoms with Crippen molar-refractivity contribution in [3.63, 3.8) is 0 Å². The SMILES string of the molecule is COCc1nc(NN)cc(Nc2cc(F)c(C)cc2F)n1. The number of anilines is 3. The molecule has 1 aromatic heterocycles. The molecule has 0 saturated carbocycles. The number of rotatable bonds is 5. The lowest BCUT2D eigenvalue weighted by Gasteiger charge is -2.11. The van der Waals surface area contributed by atoms with Crippen LogP contribution < -0.4 is 16.6 Å². The molecule has 0 spiro atoms. The Morgan fingerprint density at radius 1 is 1.14 bits per heavy atom. The summed E-state index contributed by atoms with van der Waals surface area (Å²) in [7, 11) is 1.49. The summed E-state index contributed by atoms with van der Waals surface area (Å²) in [4.78, 5) is 8.18. The first kappa shape index (κ1) is 15.1. The highest BCUT2D eigenvalue weighted by Crippen LogP contribution is 2.23. The van der Waals surface area contributed by atoms with E-state index in [2.05, 4.69) is 20.7 Å². The summed E-state index contributed by atoms with van der Waals surface area (Å²) in [6.07, 6.45) is 0. The lowest BCUT2D eigenvalue weighted by molar-refractivity contribution is 0.178. The molecule has 0 aliphatic rings. The molecule has 0 radical (unpaired) electrons. The van der Waals surface area contributed by atoms with Gasteiger partial charge in [0.25, 0.3) is 0 Å². The van der Waals surface area contributed by atoms with Crippen molar-refractivity contribution in [2.45, 2.75) is 13.5 Å². The van der Waals surface area contributed by atoms with Crippen LogP contribution in [0.15, 0.2) is 18.2 Å². The molecule has 0 atom stereocenters. The van der Waals surface area contributed by atoms with Gasteiger partial charge in [0.05, 0.1) is 5.69 Å². The number of nitrogens with one attached hydrogen (secondary N) is 2. The van der Waals surface area contributed by atoms with Crippen molar-refractivity contribution in [3.8, 4) is 0 Å². The average Bonchev–Trinajstić information content (AvgIpc) is 2.45. The third-order valence-electron chi connectivity index (χ3n) is 2.70. The Hall–Kier alpha value is -2.32. The van der Waals surface area contributed by atoms with E-state index in [0.29, 0.717) is 11.6 Å². The summed E-state index contributed by atoms with van der Waals surface area (Å²) >= 11 is 0. The largest absolute Gasteiger partial charge is 0.377 e. The minimum absolute atomic E-state index is 0.0249. The second kappa shape index (κ2) is 6.42. The van der Waals surface area contributed by atoms with Crippen LogP contribution in [0.3, 0.4) is 0 Å². The average molecular weight is 295 g/mol. The molecule has 1 heterocycles. The van der Waals surface area contributed by atoms with Crippen LogP contribution in [0.1, 0.15) is 11.4 Å². The third-order valence-corrected chi connectivity index (χ3v) is 2.70. The van der Waals surface area contributed by atoms with Gasteiger partial charge in [0, 0.05) is 19.2 Å². The monoisotopic (exact) mass is 295 g/mol. The van der Waals surface area contributed by atoms with Crippen molar-refractivity contribution in [3.05, 3.63) is 41.2 Å². The van der Waals surface area contributed by atoms with Crippen LogP contribution >= 0.6 is 0 Å². The van der Waals surface area contributed by atoms with E-state index in [1.54, 1.807) is 0 Å². The number of methoxy groups -OCH3 is 1. The number of nitrogens with zero attached hydrogens (tertiary/aromatic N) is 2. The summed E-state index contributed by atoms with van der Waals surface area (Å²) in [6.45, 7) is 1.65. The molecule has 0 aliphatic heterocycles. The van der Waals surface area contributed by atoms with Gasteiger partial charge in [-0.3, -0.25) is 0 Å². The first-order valence-electron chi connectivity index (χ1n) is 6.09. The number of hydrogen-bond donors (Lipinski definition) is 3. The van der Waals surface area contributed by atoms with Gasteiger partial charge in [-0.25, -0.2) is 24.6 Å². The Balaban J connectivity index is 2.34. The zero-order chi connectivity index (χ0) is 15.4. The van der Waals surface area contributed by atoms with E-state index in [-0.39, 0.29) is 23.7 Å². The number of hydrazine groups is 1. The molecule has 21 heavy (non-hydrogen) atoms. The Labute approximate surface area is 120 Å². The predicted molar refractivity (Wildman–Crippen MR) is 74.9 cm³/mol. The molecule has 8 heteroatoms. The highest BCUT2D eigenvalue weighted by Gasteiger charge is 2.10. The molecule has 0 unspecified atom stereocenters. The van der Waals surface area contributed by atoms with Crippen LogP contribution in [0.4, 0.5) is 26.1 Å². The zero-order valence-electron chi connectivity index (χ0n) is 11.6. The predicted octanol–water partition coefficient (Wildman–Crippen LogP) is 2.24. The minimum Gasteiger partial charge on any atom is -0.377 e. The molecule has 0 amide bonds. The third kappa shape index (κ3) is 3.61. The van der Waals surface area contributed by atoms with Crippen LogP contribution in [-0.4, -0.2) is 17.1 Å². The van der Waals surface area contributed by atoms with Crippen molar-refractivity contribution in [2.75, 3.05) is 17.9 Å². The quantitative estimate of drug-likeness (QED) is 0.579. The molecule has 112 valence electrons. The highest BCUT2D eigenvalue weighted by atomic mass is 19.1. The molecular formula is C13H15F2N5O. The smallest absolute Gasteiger partial charge is 0.158 e. The van der Waals surface area contributed by atoms with E-state index in [1.807, 2.05) is 0 Å². The number of aromatic nitrogens is 2. The van der Waals surface area contributed by atoms with Gasteiger partial charge in [0.1, 0.15) is 29.9 Å². The summed E-state index contributed by atoms with van der Waals surface area (Å²) in [5.74, 6) is 5.16. The molecule has 2 aromatic rings. The van der Waals surface area contributed by atoms with E-state index in [4.69, 9.17) is 10.6 Å². The highest BCUT2D eigenvalue weighted by molar-refractivity contribution is 5.60. The van der Waals surface area contributed by atoms with E-state index in [1.165, 1.54) is 20.1 Å². The number of benzene rings is 1.